The third-order valence-electron chi connectivity index (χ3n) is 5.94. The fourth-order valence-electron chi connectivity index (χ4n) is 4.34. The molecule has 7 heteroatoms. The summed E-state index contributed by atoms with van der Waals surface area (Å²) in [5.74, 6) is -0.784. The van der Waals surface area contributed by atoms with E-state index in [0.29, 0.717) is 24.3 Å². The van der Waals surface area contributed by atoms with Crippen LogP contribution in [-0.2, 0) is 16.1 Å². The fraction of sp³-hybridized carbons (Fsp3) is 0.269. The van der Waals surface area contributed by atoms with Gasteiger partial charge in [0.25, 0.3) is 0 Å². The molecule has 0 saturated carbocycles. The zero-order valence-corrected chi connectivity index (χ0v) is 18.6. The molecule has 4 aromatic rings. The van der Waals surface area contributed by atoms with Crippen molar-refractivity contribution in [3.05, 3.63) is 88.1 Å². The molecule has 2 atom stereocenters. The van der Waals surface area contributed by atoms with E-state index in [0.717, 1.165) is 27.2 Å². The smallest absolute Gasteiger partial charge is 0.382 e. The SMILES string of the molecule is CCOC(=O)C(C(CC)c1c[nH]c2ccc(OCc3cccc4ccccc34)cc12)[N+](=O)[O-]. The Morgan fingerprint density at radius 2 is 1.85 bits per heavy atom. The maximum Gasteiger partial charge on any atom is 0.382 e. The lowest BCUT2D eigenvalue weighted by molar-refractivity contribution is -0.514. The number of H-pyrrole nitrogens is 1. The minimum absolute atomic E-state index is 0.0969. The van der Waals surface area contributed by atoms with E-state index in [2.05, 4.69) is 23.2 Å². The number of carbonyl (C=O) groups is 1. The molecule has 1 N–H and O–H groups in total. The number of hydrogen-bond donors (Lipinski definition) is 1. The Balaban J connectivity index is 1.64. The van der Waals surface area contributed by atoms with Crippen molar-refractivity contribution in [1.82, 2.24) is 4.98 Å². The summed E-state index contributed by atoms with van der Waals surface area (Å²) in [6.07, 6.45) is 2.15. The van der Waals surface area contributed by atoms with Crippen LogP contribution >= 0.6 is 0 Å². The lowest BCUT2D eigenvalue weighted by Gasteiger charge is -2.18. The number of nitro groups is 1. The Morgan fingerprint density at radius 3 is 2.61 bits per heavy atom. The second kappa shape index (κ2) is 9.73. The summed E-state index contributed by atoms with van der Waals surface area (Å²) in [4.78, 5) is 26.7. The fourth-order valence-corrected chi connectivity index (χ4v) is 4.34. The monoisotopic (exact) mass is 446 g/mol. The van der Waals surface area contributed by atoms with Crippen LogP contribution in [0.4, 0.5) is 0 Å². The number of ether oxygens (including phenoxy) is 2. The highest BCUT2D eigenvalue weighted by Gasteiger charge is 2.41. The van der Waals surface area contributed by atoms with Gasteiger partial charge in [0, 0.05) is 22.0 Å². The maximum absolute atomic E-state index is 12.4. The molecule has 0 amide bonds. The average molecular weight is 447 g/mol. The topological polar surface area (TPSA) is 94.5 Å². The molecule has 0 bridgehead atoms. The minimum atomic E-state index is -1.46. The number of aromatic nitrogens is 1. The molecule has 0 fully saturated rings. The van der Waals surface area contributed by atoms with Crippen LogP contribution in [-0.4, -0.2) is 28.5 Å². The molecule has 170 valence electrons. The van der Waals surface area contributed by atoms with E-state index in [9.17, 15) is 14.9 Å². The number of rotatable bonds is 9. The van der Waals surface area contributed by atoms with E-state index < -0.39 is 22.9 Å². The van der Waals surface area contributed by atoms with Crippen molar-refractivity contribution < 1.29 is 19.2 Å². The first-order valence-electron chi connectivity index (χ1n) is 11.0. The molecule has 7 nitrogen and oxygen atoms in total. The summed E-state index contributed by atoms with van der Waals surface area (Å²) in [6.45, 7) is 3.96. The Kier molecular flexibility index (Phi) is 6.58. The molecular weight excluding hydrogens is 420 g/mol. The van der Waals surface area contributed by atoms with Gasteiger partial charge in [0.05, 0.1) is 12.5 Å². The van der Waals surface area contributed by atoms with Crippen LogP contribution < -0.4 is 4.74 Å². The first kappa shape index (κ1) is 22.3. The standard InChI is InChI=1S/C26H26N2O5/c1-3-20(25(28(30)31)26(29)32-4-2)23-15-27-24-13-12-19(14-22(23)24)33-16-18-10-7-9-17-8-5-6-11-21(17)18/h5-15,20,25,27H,3-4,16H2,1-2H3. The summed E-state index contributed by atoms with van der Waals surface area (Å²) < 4.78 is 11.1. The minimum Gasteiger partial charge on any atom is -0.489 e. The molecule has 3 aromatic carbocycles. The number of hydrogen-bond acceptors (Lipinski definition) is 5. The molecule has 4 rings (SSSR count). The summed E-state index contributed by atoms with van der Waals surface area (Å²) in [6, 6.07) is 18.4. The van der Waals surface area contributed by atoms with E-state index >= 15 is 0 Å². The number of benzene rings is 3. The second-order valence-electron chi connectivity index (χ2n) is 7.88. The lowest BCUT2D eigenvalue weighted by atomic mass is 9.89. The van der Waals surface area contributed by atoms with Gasteiger partial charge >= 0.3 is 12.0 Å². The second-order valence-corrected chi connectivity index (χ2v) is 7.88. The summed E-state index contributed by atoms with van der Waals surface area (Å²) >= 11 is 0. The normalized spacial score (nSPS) is 13.0. The zero-order valence-electron chi connectivity index (χ0n) is 18.6. The van der Waals surface area contributed by atoms with E-state index in [1.165, 1.54) is 0 Å². The largest absolute Gasteiger partial charge is 0.489 e. The summed E-state index contributed by atoms with van der Waals surface area (Å²) in [5.41, 5.74) is 2.61. The van der Waals surface area contributed by atoms with Gasteiger partial charge in [-0.15, -0.1) is 0 Å². The van der Waals surface area contributed by atoms with Crippen LogP contribution in [0.3, 0.4) is 0 Å². The van der Waals surface area contributed by atoms with Gasteiger partial charge < -0.3 is 14.5 Å². The molecule has 1 aromatic heterocycles. The first-order chi connectivity index (χ1) is 16.0. The van der Waals surface area contributed by atoms with Crippen molar-refractivity contribution >= 4 is 27.6 Å². The van der Waals surface area contributed by atoms with Gasteiger partial charge in [0.15, 0.2) is 0 Å². The van der Waals surface area contributed by atoms with Crippen molar-refractivity contribution in [3.63, 3.8) is 0 Å². The van der Waals surface area contributed by atoms with Gasteiger partial charge in [-0.25, -0.2) is 4.79 Å². The molecule has 0 aliphatic heterocycles. The molecule has 0 aliphatic carbocycles. The van der Waals surface area contributed by atoms with E-state index in [1.54, 1.807) is 13.1 Å². The van der Waals surface area contributed by atoms with Crippen LogP contribution in [0.5, 0.6) is 5.75 Å². The molecule has 0 radical (unpaired) electrons. The van der Waals surface area contributed by atoms with Gasteiger partial charge in [0.2, 0.25) is 0 Å². The molecule has 1 heterocycles. The Hall–Kier alpha value is -3.87. The molecular formula is C26H26N2O5. The van der Waals surface area contributed by atoms with Gasteiger partial charge in [-0.3, -0.25) is 10.1 Å². The lowest BCUT2D eigenvalue weighted by Crippen LogP contribution is -2.37. The Bertz CT molecular complexity index is 1290. The van der Waals surface area contributed by atoms with Crippen molar-refractivity contribution in [3.8, 4) is 5.75 Å². The summed E-state index contributed by atoms with van der Waals surface area (Å²) in [7, 11) is 0. The van der Waals surface area contributed by atoms with E-state index in [-0.39, 0.29) is 6.61 Å². The molecule has 33 heavy (non-hydrogen) atoms. The highest BCUT2D eigenvalue weighted by Crippen LogP contribution is 2.34. The van der Waals surface area contributed by atoms with Crippen molar-refractivity contribution in [2.75, 3.05) is 6.61 Å². The molecule has 0 spiro atoms. The van der Waals surface area contributed by atoms with Gasteiger partial charge in [0.1, 0.15) is 12.4 Å². The van der Waals surface area contributed by atoms with Gasteiger partial charge in [-0.1, -0.05) is 49.4 Å². The first-order valence-corrected chi connectivity index (χ1v) is 11.0. The van der Waals surface area contributed by atoms with Crippen LogP contribution in [0.25, 0.3) is 21.7 Å². The highest BCUT2D eigenvalue weighted by molar-refractivity contribution is 5.87. The maximum atomic E-state index is 12.4. The Labute approximate surface area is 191 Å². The van der Waals surface area contributed by atoms with E-state index in [4.69, 9.17) is 9.47 Å². The summed E-state index contributed by atoms with van der Waals surface area (Å²) in [5, 5.41) is 14.8. The highest BCUT2D eigenvalue weighted by atomic mass is 16.6. The Morgan fingerprint density at radius 1 is 1.06 bits per heavy atom. The zero-order chi connectivity index (χ0) is 23.4. The van der Waals surface area contributed by atoms with Crippen molar-refractivity contribution in [2.24, 2.45) is 0 Å². The van der Waals surface area contributed by atoms with Crippen molar-refractivity contribution in [2.45, 2.75) is 38.8 Å². The molecule has 0 saturated heterocycles. The van der Waals surface area contributed by atoms with Crippen LogP contribution in [0.2, 0.25) is 0 Å². The quantitative estimate of drug-likeness (QED) is 0.205. The third-order valence-corrected chi connectivity index (χ3v) is 5.94. The van der Waals surface area contributed by atoms with Gasteiger partial charge in [-0.05, 0) is 53.4 Å². The number of fused-ring (bicyclic) bond motifs is 2. The predicted molar refractivity (Wildman–Crippen MR) is 127 cm³/mol. The average Bonchev–Trinajstić information content (AvgIpc) is 3.23. The number of nitrogens with zero attached hydrogens (tertiary/aromatic N) is 1. The third kappa shape index (κ3) is 4.53. The number of aromatic amines is 1. The number of nitrogens with one attached hydrogen (secondary N) is 1. The van der Waals surface area contributed by atoms with Crippen LogP contribution in [0.1, 0.15) is 37.3 Å². The predicted octanol–water partition coefficient (Wildman–Crippen LogP) is 5.60. The molecule has 0 aliphatic rings. The van der Waals surface area contributed by atoms with Gasteiger partial charge in [-0.2, -0.15) is 0 Å². The van der Waals surface area contributed by atoms with E-state index in [1.807, 2.05) is 49.4 Å². The molecule has 2 unspecified atom stereocenters. The number of carbonyl (C=O) groups excluding carboxylic acids is 1. The van der Waals surface area contributed by atoms with Crippen LogP contribution in [0, 0.1) is 10.1 Å². The number of esters is 1. The van der Waals surface area contributed by atoms with Crippen LogP contribution in [0.15, 0.2) is 66.9 Å². The van der Waals surface area contributed by atoms with Crippen molar-refractivity contribution in [1.29, 1.82) is 0 Å².